The highest BCUT2D eigenvalue weighted by Crippen LogP contribution is 2.19. The minimum atomic E-state index is -0.387. The van der Waals surface area contributed by atoms with Crippen LogP contribution in [0.3, 0.4) is 0 Å². The average molecular weight is 331 g/mol. The van der Waals surface area contributed by atoms with Crippen molar-refractivity contribution in [3.8, 4) is 5.75 Å². The number of imide groups is 1. The summed E-state index contributed by atoms with van der Waals surface area (Å²) in [6.45, 7) is 0.623. The highest BCUT2D eigenvalue weighted by molar-refractivity contribution is 5.96. The Hall–Kier alpha value is -2.57. The van der Waals surface area contributed by atoms with Crippen LogP contribution in [-0.4, -0.2) is 48.5 Å². The van der Waals surface area contributed by atoms with Crippen molar-refractivity contribution in [3.05, 3.63) is 29.8 Å². The lowest BCUT2D eigenvalue weighted by Gasteiger charge is -2.14. The molecule has 1 heterocycles. The van der Waals surface area contributed by atoms with Crippen LogP contribution in [-0.2, 0) is 4.79 Å². The summed E-state index contributed by atoms with van der Waals surface area (Å²) >= 11 is 0. The van der Waals surface area contributed by atoms with Crippen LogP contribution >= 0.6 is 0 Å². The molecule has 7 heteroatoms. The van der Waals surface area contributed by atoms with Crippen LogP contribution in [0, 0.1) is 0 Å². The fourth-order valence-corrected chi connectivity index (χ4v) is 2.97. The molecule has 1 aliphatic heterocycles. The van der Waals surface area contributed by atoms with E-state index in [4.69, 9.17) is 4.74 Å². The number of urea groups is 1. The van der Waals surface area contributed by atoms with Crippen molar-refractivity contribution in [2.75, 3.05) is 19.7 Å². The molecule has 3 rings (SSSR count). The molecule has 1 saturated heterocycles. The number of nitrogens with zero attached hydrogens (tertiary/aromatic N) is 1. The average Bonchev–Trinajstić information content (AvgIpc) is 3.24. The summed E-state index contributed by atoms with van der Waals surface area (Å²) in [5, 5.41) is 5.59. The van der Waals surface area contributed by atoms with Crippen molar-refractivity contribution < 1.29 is 19.1 Å². The molecule has 2 fully saturated rings. The highest BCUT2D eigenvalue weighted by Gasteiger charge is 2.26. The van der Waals surface area contributed by atoms with Gasteiger partial charge in [0, 0.05) is 24.7 Å². The summed E-state index contributed by atoms with van der Waals surface area (Å²) in [6, 6.07) is 6.54. The largest absolute Gasteiger partial charge is 0.484 e. The van der Waals surface area contributed by atoms with Gasteiger partial charge in [0.1, 0.15) is 5.75 Å². The molecular formula is C17H21N3O4. The van der Waals surface area contributed by atoms with Crippen LogP contribution < -0.4 is 15.4 Å². The zero-order valence-electron chi connectivity index (χ0n) is 13.4. The molecule has 0 atom stereocenters. The van der Waals surface area contributed by atoms with E-state index >= 15 is 0 Å². The topological polar surface area (TPSA) is 87.7 Å². The molecule has 1 aromatic rings. The third-order valence-corrected chi connectivity index (χ3v) is 4.33. The zero-order valence-corrected chi connectivity index (χ0v) is 13.4. The number of ether oxygens (including phenoxy) is 1. The summed E-state index contributed by atoms with van der Waals surface area (Å²) in [5.74, 6) is 0.0201. The van der Waals surface area contributed by atoms with E-state index in [1.165, 1.54) is 12.8 Å². The number of rotatable bonds is 5. The molecule has 1 aromatic carbocycles. The SMILES string of the molecule is O=C(NC1CCCC1)c1ccc(OCC(=O)N2CCNC2=O)cc1. The number of amides is 4. The van der Waals surface area contributed by atoms with Crippen molar-refractivity contribution in [3.63, 3.8) is 0 Å². The molecule has 0 unspecified atom stereocenters. The van der Waals surface area contributed by atoms with Gasteiger partial charge in [-0.15, -0.1) is 0 Å². The molecule has 24 heavy (non-hydrogen) atoms. The fourth-order valence-electron chi connectivity index (χ4n) is 2.97. The van der Waals surface area contributed by atoms with Crippen LogP contribution in [0.4, 0.5) is 4.79 Å². The summed E-state index contributed by atoms with van der Waals surface area (Å²) in [4.78, 5) is 36.5. The summed E-state index contributed by atoms with van der Waals surface area (Å²) in [7, 11) is 0. The van der Waals surface area contributed by atoms with Gasteiger partial charge in [0.05, 0.1) is 0 Å². The number of benzene rings is 1. The maximum absolute atomic E-state index is 12.1. The van der Waals surface area contributed by atoms with Gasteiger partial charge in [-0.25, -0.2) is 4.79 Å². The Balaban J connectivity index is 1.49. The van der Waals surface area contributed by atoms with Gasteiger partial charge in [-0.05, 0) is 37.1 Å². The molecule has 0 spiro atoms. The van der Waals surface area contributed by atoms with E-state index in [1.54, 1.807) is 24.3 Å². The number of carbonyl (C=O) groups excluding carboxylic acids is 3. The van der Waals surface area contributed by atoms with Crippen LogP contribution in [0.5, 0.6) is 5.75 Å². The van der Waals surface area contributed by atoms with Gasteiger partial charge >= 0.3 is 6.03 Å². The Morgan fingerprint density at radius 2 is 1.92 bits per heavy atom. The molecule has 0 bridgehead atoms. The van der Waals surface area contributed by atoms with E-state index in [-0.39, 0.29) is 30.5 Å². The van der Waals surface area contributed by atoms with E-state index in [0.29, 0.717) is 24.4 Å². The van der Waals surface area contributed by atoms with E-state index in [9.17, 15) is 14.4 Å². The predicted molar refractivity (Wildman–Crippen MR) is 86.8 cm³/mol. The third-order valence-electron chi connectivity index (χ3n) is 4.33. The molecule has 2 N–H and O–H groups in total. The molecule has 1 aliphatic carbocycles. The molecule has 7 nitrogen and oxygen atoms in total. The number of hydrogen-bond acceptors (Lipinski definition) is 4. The highest BCUT2D eigenvalue weighted by atomic mass is 16.5. The van der Waals surface area contributed by atoms with Crippen molar-refractivity contribution in [1.82, 2.24) is 15.5 Å². The maximum atomic E-state index is 12.1. The zero-order chi connectivity index (χ0) is 16.9. The van der Waals surface area contributed by atoms with Crippen LogP contribution in [0.1, 0.15) is 36.0 Å². The van der Waals surface area contributed by atoms with Gasteiger partial charge in [0.15, 0.2) is 6.61 Å². The first-order chi connectivity index (χ1) is 11.6. The second-order valence-electron chi connectivity index (χ2n) is 6.05. The summed E-state index contributed by atoms with van der Waals surface area (Å²) < 4.78 is 5.39. The van der Waals surface area contributed by atoms with Gasteiger partial charge in [0.2, 0.25) is 0 Å². The Labute approximate surface area is 140 Å². The Bertz CT molecular complexity index is 623. The van der Waals surface area contributed by atoms with E-state index in [1.807, 2.05) is 0 Å². The van der Waals surface area contributed by atoms with Gasteiger partial charge in [-0.3, -0.25) is 14.5 Å². The molecule has 1 saturated carbocycles. The van der Waals surface area contributed by atoms with Crippen molar-refractivity contribution >= 4 is 17.8 Å². The number of hydrogen-bond donors (Lipinski definition) is 2. The molecular weight excluding hydrogens is 310 g/mol. The molecule has 4 amide bonds. The van der Waals surface area contributed by atoms with Gasteiger partial charge in [0.25, 0.3) is 11.8 Å². The van der Waals surface area contributed by atoms with Crippen LogP contribution in [0.2, 0.25) is 0 Å². The van der Waals surface area contributed by atoms with Gasteiger partial charge in [-0.2, -0.15) is 0 Å². The van der Waals surface area contributed by atoms with E-state index in [2.05, 4.69) is 10.6 Å². The Morgan fingerprint density at radius 1 is 1.21 bits per heavy atom. The molecule has 2 aliphatic rings. The number of nitrogens with one attached hydrogen (secondary N) is 2. The smallest absolute Gasteiger partial charge is 0.324 e. The summed E-state index contributed by atoms with van der Waals surface area (Å²) in [5.41, 5.74) is 0.569. The van der Waals surface area contributed by atoms with Crippen molar-refractivity contribution in [1.29, 1.82) is 0 Å². The lowest BCUT2D eigenvalue weighted by molar-refractivity contribution is -0.129. The monoisotopic (exact) mass is 331 g/mol. The van der Waals surface area contributed by atoms with Crippen molar-refractivity contribution in [2.24, 2.45) is 0 Å². The van der Waals surface area contributed by atoms with Crippen LogP contribution in [0.15, 0.2) is 24.3 Å². The second-order valence-corrected chi connectivity index (χ2v) is 6.05. The minimum Gasteiger partial charge on any atom is -0.484 e. The predicted octanol–water partition coefficient (Wildman–Crippen LogP) is 1.29. The van der Waals surface area contributed by atoms with Crippen molar-refractivity contribution in [2.45, 2.75) is 31.7 Å². The number of carbonyl (C=O) groups is 3. The fraction of sp³-hybridized carbons (Fsp3) is 0.471. The third kappa shape index (κ3) is 3.84. The maximum Gasteiger partial charge on any atom is 0.324 e. The quantitative estimate of drug-likeness (QED) is 0.851. The molecule has 0 aromatic heterocycles. The second kappa shape index (κ2) is 7.33. The summed E-state index contributed by atoms with van der Waals surface area (Å²) in [6.07, 6.45) is 4.42. The Morgan fingerprint density at radius 3 is 2.54 bits per heavy atom. The normalized spacial score (nSPS) is 17.7. The Kier molecular flexibility index (Phi) is 4.98. The molecule has 128 valence electrons. The molecule has 0 radical (unpaired) electrons. The first kappa shape index (κ1) is 16.3. The van der Waals surface area contributed by atoms with Gasteiger partial charge < -0.3 is 15.4 Å². The standard InChI is InChI=1S/C17H21N3O4/c21-15(20-10-9-18-17(20)23)11-24-14-7-5-12(6-8-14)16(22)19-13-3-1-2-4-13/h5-8,13H,1-4,9-11H2,(H,18,23)(H,19,22). The first-order valence-electron chi connectivity index (χ1n) is 8.25. The lowest BCUT2D eigenvalue weighted by Crippen LogP contribution is -2.37. The van der Waals surface area contributed by atoms with Crippen LogP contribution in [0.25, 0.3) is 0 Å². The van der Waals surface area contributed by atoms with E-state index < -0.39 is 0 Å². The minimum absolute atomic E-state index is 0.0849. The van der Waals surface area contributed by atoms with Gasteiger partial charge in [-0.1, -0.05) is 12.8 Å². The lowest BCUT2D eigenvalue weighted by atomic mass is 10.1. The van der Waals surface area contributed by atoms with E-state index in [0.717, 1.165) is 17.7 Å². The first-order valence-corrected chi connectivity index (χ1v) is 8.25.